The molecule has 0 radical (unpaired) electrons. The van der Waals surface area contributed by atoms with Crippen LogP contribution >= 0.6 is 15.9 Å². The van der Waals surface area contributed by atoms with Gasteiger partial charge in [0, 0.05) is 5.33 Å². The third-order valence-corrected chi connectivity index (χ3v) is 4.14. The van der Waals surface area contributed by atoms with Gasteiger partial charge in [-0.3, -0.25) is 0 Å². The van der Waals surface area contributed by atoms with Crippen molar-refractivity contribution in [3.63, 3.8) is 0 Å². The van der Waals surface area contributed by atoms with E-state index >= 15 is 0 Å². The van der Waals surface area contributed by atoms with Gasteiger partial charge in [-0.25, -0.2) is 0 Å². The van der Waals surface area contributed by atoms with E-state index in [0.717, 1.165) is 5.33 Å². The molecular formula is C16H25Br. The molecule has 0 nitrogen and oxygen atoms in total. The highest BCUT2D eigenvalue weighted by Gasteiger charge is 2.09. The molecule has 1 unspecified atom stereocenters. The van der Waals surface area contributed by atoms with E-state index in [1.807, 2.05) is 0 Å². The number of halogens is 1. The highest BCUT2D eigenvalue weighted by Crippen LogP contribution is 2.25. The maximum atomic E-state index is 3.66. The molecule has 0 aliphatic rings. The van der Waals surface area contributed by atoms with Crippen molar-refractivity contribution in [2.24, 2.45) is 0 Å². The first-order chi connectivity index (χ1) is 8.27. The number of aryl methyl sites for hydroxylation is 1. The minimum atomic E-state index is 0.691. The Morgan fingerprint density at radius 1 is 1.12 bits per heavy atom. The Labute approximate surface area is 115 Å². The minimum Gasteiger partial charge on any atom is -0.0921 e. The lowest BCUT2D eigenvalue weighted by Gasteiger charge is -2.15. The molecule has 0 bridgehead atoms. The molecule has 96 valence electrons. The van der Waals surface area contributed by atoms with Crippen molar-refractivity contribution in [2.75, 3.05) is 5.33 Å². The van der Waals surface area contributed by atoms with E-state index in [2.05, 4.69) is 54.0 Å². The van der Waals surface area contributed by atoms with Crippen LogP contribution in [0.25, 0.3) is 0 Å². The van der Waals surface area contributed by atoms with Crippen LogP contribution in [0, 0.1) is 6.92 Å². The van der Waals surface area contributed by atoms with Gasteiger partial charge in [0.25, 0.3) is 0 Å². The quantitative estimate of drug-likeness (QED) is 0.418. The van der Waals surface area contributed by atoms with Gasteiger partial charge in [-0.1, -0.05) is 84.8 Å². The van der Waals surface area contributed by atoms with Gasteiger partial charge < -0.3 is 0 Å². The predicted molar refractivity (Wildman–Crippen MR) is 81.1 cm³/mol. The number of alkyl halides is 1. The zero-order valence-electron chi connectivity index (χ0n) is 11.2. The van der Waals surface area contributed by atoms with Gasteiger partial charge in [-0.2, -0.15) is 0 Å². The van der Waals surface area contributed by atoms with Gasteiger partial charge in [0.1, 0.15) is 0 Å². The molecule has 0 aliphatic carbocycles. The molecule has 0 saturated heterocycles. The van der Waals surface area contributed by atoms with Gasteiger partial charge in [0.15, 0.2) is 0 Å². The SMILES string of the molecule is CCCCCCCC(CBr)c1cccc(C)c1. The Morgan fingerprint density at radius 2 is 1.88 bits per heavy atom. The van der Waals surface area contributed by atoms with Crippen molar-refractivity contribution in [1.82, 2.24) is 0 Å². The van der Waals surface area contributed by atoms with Crippen LogP contribution < -0.4 is 0 Å². The molecule has 0 saturated carbocycles. The smallest absolute Gasteiger partial charge is 0.0100 e. The lowest BCUT2D eigenvalue weighted by molar-refractivity contribution is 0.571. The highest BCUT2D eigenvalue weighted by molar-refractivity contribution is 9.09. The van der Waals surface area contributed by atoms with Gasteiger partial charge in [-0.05, 0) is 24.8 Å². The highest BCUT2D eigenvalue weighted by atomic mass is 79.9. The van der Waals surface area contributed by atoms with E-state index < -0.39 is 0 Å². The van der Waals surface area contributed by atoms with Gasteiger partial charge in [0.05, 0.1) is 0 Å². The molecule has 0 aromatic heterocycles. The summed E-state index contributed by atoms with van der Waals surface area (Å²) >= 11 is 3.66. The standard InChI is InChI=1S/C16H25Br/c1-3-4-5-6-7-10-16(13-17)15-11-8-9-14(2)12-15/h8-9,11-12,16H,3-7,10,13H2,1-2H3. The Morgan fingerprint density at radius 3 is 2.53 bits per heavy atom. The van der Waals surface area contributed by atoms with E-state index in [0.29, 0.717) is 5.92 Å². The predicted octanol–water partition coefficient (Wildman–Crippen LogP) is 5.83. The topological polar surface area (TPSA) is 0 Å². The van der Waals surface area contributed by atoms with Crippen molar-refractivity contribution in [2.45, 2.75) is 58.3 Å². The summed E-state index contributed by atoms with van der Waals surface area (Å²) in [6, 6.07) is 8.95. The Balaban J connectivity index is 2.38. The average molecular weight is 297 g/mol. The number of unbranched alkanes of at least 4 members (excludes halogenated alkanes) is 4. The van der Waals surface area contributed by atoms with Crippen LogP contribution in [-0.2, 0) is 0 Å². The molecule has 0 N–H and O–H groups in total. The van der Waals surface area contributed by atoms with E-state index in [9.17, 15) is 0 Å². The monoisotopic (exact) mass is 296 g/mol. The van der Waals surface area contributed by atoms with Crippen molar-refractivity contribution in [3.8, 4) is 0 Å². The fourth-order valence-electron chi connectivity index (χ4n) is 2.25. The second-order valence-electron chi connectivity index (χ2n) is 4.97. The maximum absolute atomic E-state index is 3.66. The molecular weight excluding hydrogens is 272 g/mol. The first-order valence-corrected chi connectivity index (χ1v) is 8.02. The first kappa shape index (κ1) is 14.8. The Bertz CT molecular complexity index is 306. The summed E-state index contributed by atoms with van der Waals surface area (Å²) < 4.78 is 0. The van der Waals surface area contributed by atoms with Crippen LogP contribution in [0.4, 0.5) is 0 Å². The zero-order valence-corrected chi connectivity index (χ0v) is 12.8. The first-order valence-electron chi connectivity index (χ1n) is 6.90. The van der Waals surface area contributed by atoms with Gasteiger partial charge in [-0.15, -0.1) is 0 Å². The van der Waals surface area contributed by atoms with Crippen molar-refractivity contribution in [3.05, 3.63) is 35.4 Å². The molecule has 0 fully saturated rings. The van der Waals surface area contributed by atoms with Gasteiger partial charge >= 0.3 is 0 Å². The van der Waals surface area contributed by atoms with E-state index in [1.165, 1.54) is 49.7 Å². The Hall–Kier alpha value is -0.300. The number of hydrogen-bond donors (Lipinski definition) is 0. The van der Waals surface area contributed by atoms with Crippen molar-refractivity contribution in [1.29, 1.82) is 0 Å². The molecule has 1 heteroatoms. The second kappa shape index (κ2) is 8.74. The average Bonchev–Trinajstić information content (AvgIpc) is 2.34. The Kier molecular flexibility index (Phi) is 7.59. The summed E-state index contributed by atoms with van der Waals surface area (Å²) in [6.07, 6.45) is 8.20. The van der Waals surface area contributed by atoms with Crippen LogP contribution in [0.2, 0.25) is 0 Å². The molecule has 1 rings (SSSR count). The third-order valence-electron chi connectivity index (χ3n) is 3.36. The summed E-state index contributed by atoms with van der Waals surface area (Å²) in [5, 5.41) is 1.09. The summed E-state index contributed by atoms with van der Waals surface area (Å²) in [5.74, 6) is 0.691. The summed E-state index contributed by atoms with van der Waals surface area (Å²) in [5.41, 5.74) is 2.87. The zero-order chi connectivity index (χ0) is 12.5. The van der Waals surface area contributed by atoms with E-state index in [1.54, 1.807) is 0 Å². The second-order valence-corrected chi connectivity index (χ2v) is 5.62. The molecule has 1 atom stereocenters. The fourth-order valence-corrected chi connectivity index (χ4v) is 2.95. The van der Waals surface area contributed by atoms with Crippen LogP contribution in [0.3, 0.4) is 0 Å². The molecule has 1 aromatic rings. The van der Waals surface area contributed by atoms with E-state index in [-0.39, 0.29) is 0 Å². The van der Waals surface area contributed by atoms with E-state index in [4.69, 9.17) is 0 Å². The van der Waals surface area contributed by atoms with Crippen molar-refractivity contribution >= 4 is 15.9 Å². The van der Waals surface area contributed by atoms with Crippen molar-refractivity contribution < 1.29 is 0 Å². The molecule has 0 heterocycles. The summed E-state index contributed by atoms with van der Waals surface area (Å²) in [7, 11) is 0. The lowest BCUT2D eigenvalue weighted by Crippen LogP contribution is -2.00. The van der Waals surface area contributed by atoms with Gasteiger partial charge in [0.2, 0.25) is 0 Å². The number of rotatable bonds is 8. The molecule has 0 spiro atoms. The lowest BCUT2D eigenvalue weighted by atomic mass is 9.93. The van der Waals surface area contributed by atoms with Crippen LogP contribution in [0.1, 0.15) is 62.5 Å². The maximum Gasteiger partial charge on any atom is 0.0100 e. The van der Waals surface area contributed by atoms with Crippen LogP contribution in [0.15, 0.2) is 24.3 Å². The normalized spacial score (nSPS) is 12.6. The largest absolute Gasteiger partial charge is 0.0921 e. The molecule has 1 aromatic carbocycles. The summed E-state index contributed by atoms with van der Waals surface area (Å²) in [6.45, 7) is 4.45. The summed E-state index contributed by atoms with van der Waals surface area (Å²) in [4.78, 5) is 0. The third kappa shape index (κ3) is 5.72. The minimum absolute atomic E-state index is 0.691. The number of benzene rings is 1. The number of hydrogen-bond acceptors (Lipinski definition) is 0. The fraction of sp³-hybridized carbons (Fsp3) is 0.625. The van der Waals surface area contributed by atoms with Crippen LogP contribution in [-0.4, -0.2) is 5.33 Å². The molecule has 0 aliphatic heterocycles. The van der Waals surface area contributed by atoms with Crippen LogP contribution in [0.5, 0.6) is 0 Å². The molecule has 17 heavy (non-hydrogen) atoms. The molecule has 0 amide bonds.